The van der Waals surface area contributed by atoms with Crippen molar-refractivity contribution in [2.24, 2.45) is 11.8 Å². The van der Waals surface area contributed by atoms with Crippen molar-refractivity contribution in [3.63, 3.8) is 0 Å². The van der Waals surface area contributed by atoms with E-state index < -0.39 is 0 Å². The molecule has 10 heavy (non-hydrogen) atoms. The van der Waals surface area contributed by atoms with Crippen LogP contribution in [0, 0.1) is 11.8 Å². The third-order valence-corrected chi connectivity index (χ3v) is 2.72. The Labute approximate surface area is 61.8 Å². The maximum atomic E-state index is 9.47. The van der Waals surface area contributed by atoms with Gasteiger partial charge in [-0.15, -0.1) is 0 Å². The van der Waals surface area contributed by atoms with Crippen molar-refractivity contribution in [1.29, 1.82) is 0 Å². The molecule has 0 saturated heterocycles. The van der Waals surface area contributed by atoms with Gasteiger partial charge in [0.15, 0.2) is 0 Å². The van der Waals surface area contributed by atoms with Crippen LogP contribution in [0.25, 0.3) is 0 Å². The highest BCUT2D eigenvalue weighted by molar-refractivity contribution is 4.99. The van der Waals surface area contributed by atoms with Crippen LogP contribution in [0.15, 0.2) is 12.2 Å². The Kier molecular flexibility index (Phi) is 1.53. The standard InChI is InChI=1S/C9H14O/c10-9-5-3-1-2-4-7-6-8(7)9/h1,3,7-10H,2,4-6H2. The number of aliphatic hydroxyl groups excluding tert-OH is 1. The van der Waals surface area contributed by atoms with Gasteiger partial charge in [0, 0.05) is 0 Å². The minimum atomic E-state index is -0.0263. The maximum absolute atomic E-state index is 9.47. The molecule has 3 unspecified atom stereocenters. The van der Waals surface area contributed by atoms with Crippen molar-refractivity contribution >= 4 is 0 Å². The van der Waals surface area contributed by atoms with Crippen molar-refractivity contribution in [2.75, 3.05) is 0 Å². The number of rotatable bonds is 0. The molecular weight excluding hydrogens is 124 g/mol. The second-order valence-electron chi connectivity index (χ2n) is 3.51. The van der Waals surface area contributed by atoms with Crippen LogP contribution >= 0.6 is 0 Å². The molecule has 0 aromatic rings. The van der Waals surface area contributed by atoms with Gasteiger partial charge in [0.25, 0.3) is 0 Å². The molecule has 2 aliphatic carbocycles. The number of fused-ring (bicyclic) bond motifs is 1. The highest BCUT2D eigenvalue weighted by atomic mass is 16.3. The molecule has 56 valence electrons. The topological polar surface area (TPSA) is 20.2 Å². The van der Waals surface area contributed by atoms with Crippen LogP contribution in [0.4, 0.5) is 0 Å². The highest BCUT2D eigenvalue weighted by Crippen LogP contribution is 2.46. The van der Waals surface area contributed by atoms with Crippen molar-refractivity contribution in [3.05, 3.63) is 12.2 Å². The summed E-state index contributed by atoms with van der Waals surface area (Å²) in [7, 11) is 0. The molecule has 0 heterocycles. The summed E-state index contributed by atoms with van der Waals surface area (Å²) < 4.78 is 0. The summed E-state index contributed by atoms with van der Waals surface area (Å²) in [5.74, 6) is 1.52. The normalized spacial score (nSPS) is 45.5. The van der Waals surface area contributed by atoms with E-state index in [0.29, 0.717) is 5.92 Å². The Balaban J connectivity index is 1.98. The average molecular weight is 138 g/mol. The molecule has 0 aromatic carbocycles. The van der Waals surface area contributed by atoms with E-state index in [0.717, 1.165) is 12.3 Å². The first-order chi connectivity index (χ1) is 4.88. The van der Waals surface area contributed by atoms with Gasteiger partial charge in [0.1, 0.15) is 0 Å². The number of aliphatic hydroxyl groups is 1. The minimum Gasteiger partial charge on any atom is -0.393 e. The van der Waals surface area contributed by atoms with E-state index in [9.17, 15) is 5.11 Å². The summed E-state index contributed by atoms with van der Waals surface area (Å²) in [5.41, 5.74) is 0. The molecule has 1 fully saturated rings. The van der Waals surface area contributed by atoms with Gasteiger partial charge in [-0.05, 0) is 37.5 Å². The van der Waals surface area contributed by atoms with Gasteiger partial charge >= 0.3 is 0 Å². The van der Waals surface area contributed by atoms with E-state index >= 15 is 0 Å². The Morgan fingerprint density at radius 3 is 3.10 bits per heavy atom. The third-order valence-electron chi connectivity index (χ3n) is 2.72. The molecule has 0 spiro atoms. The summed E-state index contributed by atoms with van der Waals surface area (Å²) in [5, 5.41) is 9.47. The molecule has 1 N–H and O–H groups in total. The van der Waals surface area contributed by atoms with E-state index in [4.69, 9.17) is 0 Å². The zero-order valence-electron chi connectivity index (χ0n) is 6.16. The van der Waals surface area contributed by atoms with Gasteiger partial charge in [-0.1, -0.05) is 12.2 Å². The highest BCUT2D eigenvalue weighted by Gasteiger charge is 2.41. The lowest BCUT2D eigenvalue weighted by molar-refractivity contribution is 0.146. The van der Waals surface area contributed by atoms with Crippen LogP contribution in [0.5, 0.6) is 0 Å². The van der Waals surface area contributed by atoms with E-state index in [1.807, 2.05) is 0 Å². The summed E-state index contributed by atoms with van der Waals surface area (Å²) >= 11 is 0. The van der Waals surface area contributed by atoms with E-state index in [-0.39, 0.29) is 6.10 Å². The summed E-state index contributed by atoms with van der Waals surface area (Å²) in [6.07, 6.45) is 9.01. The monoisotopic (exact) mass is 138 g/mol. The van der Waals surface area contributed by atoms with Crippen molar-refractivity contribution < 1.29 is 5.11 Å². The predicted molar refractivity (Wildman–Crippen MR) is 40.6 cm³/mol. The first-order valence-electron chi connectivity index (χ1n) is 4.21. The lowest BCUT2D eigenvalue weighted by atomic mass is 10.0. The van der Waals surface area contributed by atoms with Gasteiger partial charge in [-0.25, -0.2) is 0 Å². The molecule has 1 nitrogen and oxygen atoms in total. The number of hydrogen-bond donors (Lipinski definition) is 1. The van der Waals surface area contributed by atoms with Gasteiger partial charge in [-0.2, -0.15) is 0 Å². The van der Waals surface area contributed by atoms with E-state index in [2.05, 4.69) is 12.2 Å². The fraction of sp³-hybridized carbons (Fsp3) is 0.778. The molecule has 0 amide bonds. The first-order valence-corrected chi connectivity index (χ1v) is 4.21. The Morgan fingerprint density at radius 1 is 1.30 bits per heavy atom. The van der Waals surface area contributed by atoms with Crippen molar-refractivity contribution in [3.8, 4) is 0 Å². The summed E-state index contributed by atoms with van der Waals surface area (Å²) in [4.78, 5) is 0. The molecule has 0 radical (unpaired) electrons. The minimum absolute atomic E-state index is 0.0263. The largest absolute Gasteiger partial charge is 0.393 e. The van der Waals surface area contributed by atoms with Crippen LogP contribution in [0.3, 0.4) is 0 Å². The number of allylic oxidation sites excluding steroid dienone is 1. The fourth-order valence-corrected chi connectivity index (χ4v) is 1.91. The van der Waals surface area contributed by atoms with Crippen molar-refractivity contribution in [2.45, 2.75) is 31.8 Å². The molecule has 1 saturated carbocycles. The lowest BCUT2D eigenvalue weighted by Crippen LogP contribution is -2.10. The maximum Gasteiger partial charge on any atom is 0.0605 e. The molecular formula is C9H14O. The Bertz CT molecular complexity index is 151. The van der Waals surface area contributed by atoms with E-state index in [1.165, 1.54) is 19.3 Å². The summed E-state index contributed by atoms with van der Waals surface area (Å²) in [6, 6.07) is 0. The molecule has 0 aromatic heterocycles. The second kappa shape index (κ2) is 2.39. The smallest absolute Gasteiger partial charge is 0.0605 e. The fourth-order valence-electron chi connectivity index (χ4n) is 1.91. The Hall–Kier alpha value is -0.300. The van der Waals surface area contributed by atoms with Gasteiger partial charge in [-0.3, -0.25) is 0 Å². The van der Waals surface area contributed by atoms with Crippen LogP contribution < -0.4 is 0 Å². The zero-order valence-corrected chi connectivity index (χ0v) is 6.16. The van der Waals surface area contributed by atoms with Gasteiger partial charge < -0.3 is 5.11 Å². The van der Waals surface area contributed by atoms with Crippen LogP contribution in [0.1, 0.15) is 25.7 Å². The first kappa shape index (κ1) is 6.41. The molecule has 1 heteroatoms. The third kappa shape index (κ3) is 1.10. The van der Waals surface area contributed by atoms with Crippen LogP contribution in [-0.4, -0.2) is 11.2 Å². The molecule has 0 bridgehead atoms. The van der Waals surface area contributed by atoms with E-state index in [1.54, 1.807) is 0 Å². The number of hydrogen-bond acceptors (Lipinski definition) is 1. The molecule has 0 aliphatic heterocycles. The average Bonchev–Trinajstić information content (AvgIpc) is 2.62. The predicted octanol–water partition coefficient (Wildman–Crippen LogP) is 1.72. The zero-order chi connectivity index (χ0) is 6.97. The lowest BCUT2D eigenvalue weighted by Gasteiger charge is -2.08. The second-order valence-corrected chi connectivity index (χ2v) is 3.51. The molecule has 3 atom stereocenters. The van der Waals surface area contributed by atoms with Crippen LogP contribution in [-0.2, 0) is 0 Å². The quantitative estimate of drug-likeness (QED) is 0.505. The van der Waals surface area contributed by atoms with Crippen LogP contribution in [0.2, 0.25) is 0 Å². The van der Waals surface area contributed by atoms with Gasteiger partial charge in [0.2, 0.25) is 0 Å². The van der Waals surface area contributed by atoms with Crippen molar-refractivity contribution in [1.82, 2.24) is 0 Å². The van der Waals surface area contributed by atoms with Gasteiger partial charge in [0.05, 0.1) is 6.10 Å². The SMILES string of the molecule is OC1CC=CCCC2CC12. The molecule has 2 aliphatic rings. The molecule has 2 rings (SSSR count). The summed E-state index contributed by atoms with van der Waals surface area (Å²) in [6.45, 7) is 0. The Morgan fingerprint density at radius 2 is 2.20 bits per heavy atom.